The average molecular weight is 414 g/mol. The number of thiocarbonyl (C=S) groups is 1. The Bertz CT molecular complexity index is 722. The normalized spacial score (nSPS) is 16.0. The van der Waals surface area contributed by atoms with Gasteiger partial charge in [0, 0.05) is 18.0 Å². The molecule has 0 aliphatic carbocycles. The third kappa shape index (κ3) is 6.09. The molecule has 2 rings (SSSR count). The van der Waals surface area contributed by atoms with Crippen molar-refractivity contribution in [2.75, 3.05) is 33.8 Å². The molecular weight excluding hydrogens is 392 g/mol. The summed E-state index contributed by atoms with van der Waals surface area (Å²) in [7, 11) is 4.00. The zero-order chi connectivity index (χ0) is 19.1. The molecule has 1 fully saturated rings. The number of benzene rings is 1. The maximum absolute atomic E-state index is 12.5. The number of rotatable bonds is 8. The molecule has 8 heteroatoms. The van der Waals surface area contributed by atoms with E-state index in [-0.39, 0.29) is 18.3 Å². The molecule has 26 heavy (non-hydrogen) atoms. The fourth-order valence-electron chi connectivity index (χ4n) is 2.25. The monoisotopic (exact) mass is 413 g/mol. The number of amides is 1. The summed E-state index contributed by atoms with van der Waals surface area (Å²) in [5.41, 5.74) is 0.779. The van der Waals surface area contributed by atoms with Gasteiger partial charge in [0.25, 0.3) is 5.91 Å². The number of esters is 1. The van der Waals surface area contributed by atoms with Crippen LogP contribution in [0.15, 0.2) is 29.2 Å². The average Bonchev–Trinajstić information content (AvgIpc) is 2.84. The molecule has 1 aromatic rings. The Balaban J connectivity index is 1.85. The van der Waals surface area contributed by atoms with Crippen molar-refractivity contribution in [1.82, 2.24) is 4.90 Å². The minimum absolute atomic E-state index is 0.149. The van der Waals surface area contributed by atoms with Gasteiger partial charge in [0.15, 0.2) is 0 Å². The third-order valence-corrected chi connectivity index (χ3v) is 5.42. The predicted octanol–water partition coefficient (Wildman–Crippen LogP) is 2.01. The van der Waals surface area contributed by atoms with Crippen LogP contribution in [-0.2, 0) is 14.3 Å². The predicted molar refractivity (Wildman–Crippen MR) is 109 cm³/mol. The molecule has 1 heterocycles. The number of carbonyl (C=O) groups excluding carboxylic acids is 2. The van der Waals surface area contributed by atoms with Crippen LogP contribution in [0.25, 0.3) is 6.08 Å². The number of thioether (sulfide) groups is 1. The van der Waals surface area contributed by atoms with Gasteiger partial charge in [-0.25, -0.2) is 0 Å². The summed E-state index contributed by atoms with van der Waals surface area (Å²) in [5, 5.41) is 0.583. The van der Waals surface area contributed by atoms with E-state index in [0.717, 1.165) is 12.1 Å². The van der Waals surface area contributed by atoms with E-state index in [4.69, 9.17) is 28.6 Å². The van der Waals surface area contributed by atoms with E-state index in [1.807, 2.05) is 32.3 Å². The highest BCUT2D eigenvalue weighted by atomic mass is 35.5. The molecule has 1 saturated heterocycles. The number of nitrogens with one attached hydrogen (secondary N) is 1. The minimum Gasteiger partial charge on any atom is -0.460 e. The number of likely N-dealkylation sites (N-methyl/N-ethyl adjacent to an activating group) is 1. The fourth-order valence-corrected chi connectivity index (χ4v) is 3.74. The Morgan fingerprint density at radius 2 is 2.12 bits per heavy atom. The fraction of sp³-hybridized carbons (Fsp3) is 0.389. The van der Waals surface area contributed by atoms with Crippen LogP contribution >= 0.6 is 35.6 Å². The van der Waals surface area contributed by atoms with Crippen LogP contribution in [0.4, 0.5) is 0 Å². The second-order valence-electron chi connectivity index (χ2n) is 6.14. The van der Waals surface area contributed by atoms with E-state index in [0.29, 0.717) is 33.8 Å². The van der Waals surface area contributed by atoms with Gasteiger partial charge in [-0.15, -0.1) is 0 Å². The lowest BCUT2D eigenvalue weighted by Gasteiger charge is -2.14. The van der Waals surface area contributed by atoms with Gasteiger partial charge < -0.3 is 9.64 Å². The lowest BCUT2D eigenvalue weighted by atomic mass is 10.2. The van der Waals surface area contributed by atoms with E-state index < -0.39 is 0 Å². The van der Waals surface area contributed by atoms with Crippen LogP contribution in [0, 0.1) is 0 Å². The number of hydrogen-bond acceptors (Lipinski definition) is 5. The molecule has 1 aromatic carbocycles. The smallest absolute Gasteiger partial charge is 0.306 e. The maximum Gasteiger partial charge on any atom is 0.306 e. The van der Waals surface area contributed by atoms with Gasteiger partial charge in [0.2, 0.25) is 0 Å². The van der Waals surface area contributed by atoms with E-state index in [1.54, 1.807) is 12.1 Å². The van der Waals surface area contributed by atoms with Crippen LogP contribution in [0.5, 0.6) is 0 Å². The lowest BCUT2D eigenvalue weighted by molar-refractivity contribution is -0.858. The van der Waals surface area contributed by atoms with Crippen LogP contribution in [0.1, 0.15) is 18.4 Å². The van der Waals surface area contributed by atoms with E-state index in [1.165, 1.54) is 21.6 Å². The number of quaternary nitrogens is 1. The van der Waals surface area contributed by atoms with Crippen LogP contribution < -0.4 is 4.90 Å². The van der Waals surface area contributed by atoms with E-state index in [2.05, 4.69) is 0 Å². The first-order valence-electron chi connectivity index (χ1n) is 8.33. The van der Waals surface area contributed by atoms with Crippen molar-refractivity contribution < 1.29 is 19.2 Å². The van der Waals surface area contributed by atoms with Crippen molar-refractivity contribution in [1.29, 1.82) is 0 Å². The zero-order valence-electron chi connectivity index (χ0n) is 14.8. The van der Waals surface area contributed by atoms with Crippen molar-refractivity contribution in [3.63, 3.8) is 0 Å². The Morgan fingerprint density at radius 1 is 1.38 bits per heavy atom. The van der Waals surface area contributed by atoms with Crippen LogP contribution in [0.2, 0.25) is 5.02 Å². The highest BCUT2D eigenvalue weighted by Crippen LogP contribution is 2.33. The van der Waals surface area contributed by atoms with Crippen LogP contribution in [-0.4, -0.2) is 54.9 Å². The molecule has 0 unspecified atom stereocenters. The minimum atomic E-state index is -0.247. The number of hydrogen-bond donors (Lipinski definition) is 1. The topological polar surface area (TPSA) is 51.1 Å². The molecule has 0 atom stereocenters. The molecule has 0 saturated carbocycles. The van der Waals surface area contributed by atoms with E-state index >= 15 is 0 Å². The number of halogens is 1. The summed E-state index contributed by atoms with van der Waals surface area (Å²) in [6, 6.07) is 7.32. The summed E-state index contributed by atoms with van der Waals surface area (Å²) < 4.78 is 5.66. The van der Waals surface area contributed by atoms with Gasteiger partial charge >= 0.3 is 5.97 Å². The number of carbonyl (C=O) groups is 2. The van der Waals surface area contributed by atoms with Gasteiger partial charge in [-0.3, -0.25) is 14.5 Å². The van der Waals surface area contributed by atoms with Gasteiger partial charge in [-0.05, 0) is 24.1 Å². The molecule has 1 N–H and O–H groups in total. The Morgan fingerprint density at radius 3 is 2.81 bits per heavy atom. The molecule has 1 amide bonds. The summed E-state index contributed by atoms with van der Waals surface area (Å²) >= 11 is 12.7. The van der Waals surface area contributed by atoms with Gasteiger partial charge in [0.05, 0.1) is 19.0 Å². The Kier molecular flexibility index (Phi) is 8.09. The maximum atomic E-state index is 12.5. The van der Waals surface area contributed by atoms with Gasteiger partial charge in [-0.2, -0.15) is 0 Å². The number of nitrogens with zero attached hydrogens (tertiary/aromatic N) is 1. The van der Waals surface area contributed by atoms with Gasteiger partial charge in [-0.1, -0.05) is 53.8 Å². The largest absolute Gasteiger partial charge is 0.460 e. The molecule has 1 aliphatic rings. The number of ether oxygens (including phenoxy) is 1. The summed E-state index contributed by atoms with van der Waals surface area (Å²) in [4.78, 5) is 27.5. The van der Waals surface area contributed by atoms with Crippen molar-refractivity contribution in [2.45, 2.75) is 12.8 Å². The Labute approximate surface area is 168 Å². The molecule has 0 bridgehead atoms. The zero-order valence-corrected chi connectivity index (χ0v) is 17.2. The first-order valence-corrected chi connectivity index (χ1v) is 9.93. The SMILES string of the molecule is C[NH+](C)CCOC(=O)CCCN1C(=O)C(=Cc2ccccc2Cl)SC1=S. The summed E-state index contributed by atoms with van der Waals surface area (Å²) in [6.45, 7) is 1.58. The quantitative estimate of drug-likeness (QED) is 0.401. The molecular formula is C18H22ClN2O3S2+. The molecule has 5 nitrogen and oxygen atoms in total. The summed E-state index contributed by atoms with van der Waals surface area (Å²) in [5.74, 6) is -0.396. The van der Waals surface area contributed by atoms with Crippen molar-refractivity contribution >= 4 is 57.9 Å². The van der Waals surface area contributed by atoms with Crippen LogP contribution in [0.3, 0.4) is 0 Å². The van der Waals surface area contributed by atoms with Gasteiger partial charge in [0.1, 0.15) is 17.5 Å². The second kappa shape index (κ2) is 10.1. The van der Waals surface area contributed by atoms with Crippen molar-refractivity contribution in [3.05, 3.63) is 39.8 Å². The van der Waals surface area contributed by atoms with Crippen molar-refractivity contribution in [3.8, 4) is 0 Å². The third-order valence-electron chi connectivity index (χ3n) is 3.69. The first-order chi connectivity index (χ1) is 12.4. The summed E-state index contributed by atoms with van der Waals surface area (Å²) in [6.07, 6.45) is 2.53. The Hall–Kier alpha value is -1.41. The first kappa shape index (κ1) is 20.9. The molecule has 140 valence electrons. The lowest BCUT2D eigenvalue weighted by Crippen LogP contribution is -3.06. The van der Waals surface area contributed by atoms with Crippen molar-refractivity contribution in [2.24, 2.45) is 0 Å². The molecule has 0 radical (unpaired) electrons. The molecule has 0 spiro atoms. The molecule has 0 aromatic heterocycles. The highest BCUT2D eigenvalue weighted by molar-refractivity contribution is 8.26. The second-order valence-corrected chi connectivity index (χ2v) is 8.22. The van der Waals surface area contributed by atoms with E-state index in [9.17, 15) is 9.59 Å². The molecule has 1 aliphatic heterocycles. The standard InChI is InChI=1S/C18H21ClN2O3S2/c1-20(2)10-11-24-16(22)8-5-9-21-17(23)15(26-18(21)25)12-13-6-3-4-7-14(13)19/h3-4,6-7,12H,5,8-11H2,1-2H3/p+1. The highest BCUT2D eigenvalue weighted by Gasteiger charge is 2.31.